The minimum atomic E-state index is -1.02. The van der Waals surface area contributed by atoms with E-state index in [4.69, 9.17) is 10.00 Å². The van der Waals surface area contributed by atoms with Crippen LogP contribution in [0.4, 0.5) is 0 Å². The van der Waals surface area contributed by atoms with Crippen LogP contribution in [0.2, 0.25) is 0 Å². The number of benzene rings is 1. The van der Waals surface area contributed by atoms with Crippen LogP contribution in [0.25, 0.3) is 0 Å². The number of nitriles is 1. The summed E-state index contributed by atoms with van der Waals surface area (Å²) in [6.07, 6.45) is 1.55. The van der Waals surface area contributed by atoms with Crippen molar-refractivity contribution in [2.75, 3.05) is 12.9 Å². The molecule has 0 N–H and O–H groups in total. The highest BCUT2D eigenvalue weighted by Crippen LogP contribution is 2.22. The quantitative estimate of drug-likeness (QED) is 0.794. The molecule has 1 aromatic carbocycles. The van der Waals surface area contributed by atoms with Crippen molar-refractivity contribution in [3.05, 3.63) is 24.3 Å². The number of hydrogen-bond acceptors (Lipinski definition) is 3. The van der Waals surface area contributed by atoms with E-state index >= 15 is 0 Å². The first-order valence-corrected chi connectivity index (χ1v) is 7.24. The van der Waals surface area contributed by atoms with E-state index in [0.29, 0.717) is 5.75 Å². The van der Waals surface area contributed by atoms with Gasteiger partial charge in [0, 0.05) is 10.6 Å². The Morgan fingerprint density at radius 1 is 1.44 bits per heavy atom. The van der Waals surface area contributed by atoms with Crippen LogP contribution in [0, 0.1) is 16.7 Å². The first kappa shape index (κ1) is 14.7. The predicted octanol–water partition coefficient (Wildman–Crippen LogP) is 3.13. The van der Waals surface area contributed by atoms with Crippen molar-refractivity contribution in [3.63, 3.8) is 0 Å². The van der Waals surface area contributed by atoms with Crippen molar-refractivity contribution in [2.24, 2.45) is 5.41 Å². The van der Waals surface area contributed by atoms with Gasteiger partial charge in [-0.25, -0.2) is 0 Å². The molecule has 4 heteroatoms. The average molecular weight is 265 g/mol. The van der Waals surface area contributed by atoms with Crippen molar-refractivity contribution in [3.8, 4) is 11.8 Å². The summed E-state index contributed by atoms with van der Waals surface area (Å²) in [7, 11) is 0.573. The van der Waals surface area contributed by atoms with Gasteiger partial charge >= 0.3 is 0 Å². The molecular weight excluding hydrogens is 246 g/mol. The lowest BCUT2D eigenvalue weighted by molar-refractivity contribution is 0.413. The zero-order valence-corrected chi connectivity index (χ0v) is 11.9. The second kappa shape index (κ2) is 6.55. The smallest absolute Gasteiger partial charge is 0.120 e. The molecule has 1 unspecified atom stereocenters. The Morgan fingerprint density at radius 3 is 2.78 bits per heavy atom. The van der Waals surface area contributed by atoms with Crippen LogP contribution in [-0.4, -0.2) is 17.1 Å². The monoisotopic (exact) mass is 265 g/mol. The Morgan fingerprint density at radius 2 is 2.17 bits per heavy atom. The van der Waals surface area contributed by atoms with E-state index in [1.54, 1.807) is 13.2 Å². The molecule has 1 rings (SSSR count). The fraction of sp³-hybridized carbons (Fsp3) is 0.500. The van der Waals surface area contributed by atoms with Gasteiger partial charge in [-0.1, -0.05) is 6.07 Å². The van der Waals surface area contributed by atoms with Gasteiger partial charge in [-0.3, -0.25) is 4.21 Å². The van der Waals surface area contributed by atoms with Crippen LogP contribution < -0.4 is 4.74 Å². The van der Waals surface area contributed by atoms with Crippen molar-refractivity contribution >= 4 is 10.8 Å². The molecule has 0 aliphatic carbocycles. The van der Waals surface area contributed by atoms with Gasteiger partial charge in [0.1, 0.15) is 5.75 Å². The topological polar surface area (TPSA) is 50.1 Å². The van der Waals surface area contributed by atoms with Crippen LogP contribution in [0.15, 0.2) is 29.2 Å². The van der Waals surface area contributed by atoms with Crippen molar-refractivity contribution < 1.29 is 8.95 Å². The van der Waals surface area contributed by atoms with Gasteiger partial charge in [0.2, 0.25) is 0 Å². The molecule has 0 bridgehead atoms. The van der Waals surface area contributed by atoms with Gasteiger partial charge in [0.15, 0.2) is 0 Å². The Labute approximate surface area is 111 Å². The summed E-state index contributed by atoms with van der Waals surface area (Å²) in [5.74, 6) is 1.30. The first-order valence-electron chi connectivity index (χ1n) is 5.92. The van der Waals surface area contributed by atoms with Crippen LogP contribution >= 0.6 is 0 Å². The number of nitrogens with zero attached hydrogens (tertiary/aromatic N) is 1. The summed E-state index contributed by atoms with van der Waals surface area (Å²) < 4.78 is 17.2. The molecule has 0 heterocycles. The average Bonchev–Trinajstić information content (AvgIpc) is 2.38. The maximum absolute atomic E-state index is 12.1. The molecule has 98 valence electrons. The summed E-state index contributed by atoms with van der Waals surface area (Å²) in [5, 5.41) is 8.90. The highest BCUT2D eigenvalue weighted by atomic mass is 32.2. The Balaban J connectivity index is 2.53. The molecule has 0 aromatic heterocycles. The third-order valence-electron chi connectivity index (χ3n) is 2.74. The minimum absolute atomic E-state index is 0.335. The van der Waals surface area contributed by atoms with E-state index in [2.05, 4.69) is 6.07 Å². The fourth-order valence-electron chi connectivity index (χ4n) is 1.56. The van der Waals surface area contributed by atoms with Crippen LogP contribution in [0.1, 0.15) is 26.7 Å². The molecule has 0 amide bonds. The minimum Gasteiger partial charge on any atom is -0.497 e. The van der Waals surface area contributed by atoms with E-state index in [0.717, 1.165) is 23.5 Å². The second-order valence-electron chi connectivity index (χ2n) is 4.83. The zero-order chi connectivity index (χ0) is 13.6. The van der Waals surface area contributed by atoms with Crippen LogP contribution in [0.3, 0.4) is 0 Å². The predicted molar refractivity (Wildman–Crippen MR) is 72.9 cm³/mol. The summed E-state index contributed by atoms with van der Waals surface area (Å²) in [4.78, 5) is 0.782. The van der Waals surface area contributed by atoms with Gasteiger partial charge in [0.25, 0.3) is 0 Å². The van der Waals surface area contributed by atoms with E-state index in [1.807, 2.05) is 32.0 Å². The fourth-order valence-corrected chi connectivity index (χ4v) is 2.68. The molecule has 18 heavy (non-hydrogen) atoms. The Hall–Kier alpha value is -1.34. The molecule has 0 saturated heterocycles. The third kappa shape index (κ3) is 4.50. The lowest BCUT2D eigenvalue weighted by atomic mass is 9.90. The highest BCUT2D eigenvalue weighted by Gasteiger charge is 2.16. The van der Waals surface area contributed by atoms with Gasteiger partial charge in [-0.15, -0.1) is 0 Å². The van der Waals surface area contributed by atoms with Crippen molar-refractivity contribution in [1.29, 1.82) is 5.26 Å². The molecule has 0 fully saturated rings. The van der Waals surface area contributed by atoms with Crippen LogP contribution in [-0.2, 0) is 10.8 Å². The number of rotatable bonds is 6. The standard InChI is InChI=1S/C14H19NO2S/c1-14(2,11-15)8-5-9-18(16)13-7-4-6-12(10-13)17-3/h4,6-7,10H,5,8-9H2,1-3H3. The molecular formula is C14H19NO2S. The molecule has 1 atom stereocenters. The normalized spacial score (nSPS) is 12.8. The lowest BCUT2D eigenvalue weighted by Crippen LogP contribution is -2.10. The Bertz CT molecular complexity index is 463. The molecule has 1 aromatic rings. The van der Waals surface area contributed by atoms with Gasteiger partial charge < -0.3 is 4.74 Å². The zero-order valence-electron chi connectivity index (χ0n) is 11.1. The first-order chi connectivity index (χ1) is 8.48. The molecule has 0 spiro atoms. The summed E-state index contributed by atoms with van der Waals surface area (Å²) >= 11 is 0. The second-order valence-corrected chi connectivity index (χ2v) is 6.40. The van der Waals surface area contributed by atoms with Crippen molar-refractivity contribution in [2.45, 2.75) is 31.6 Å². The van der Waals surface area contributed by atoms with E-state index < -0.39 is 10.8 Å². The summed E-state index contributed by atoms with van der Waals surface area (Å²) in [6.45, 7) is 3.81. The lowest BCUT2D eigenvalue weighted by Gasteiger charge is -2.14. The summed E-state index contributed by atoms with van der Waals surface area (Å²) in [6, 6.07) is 9.56. The number of ether oxygens (including phenoxy) is 1. The largest absolute Gasteiger partial charge is 0.497 e. The molecule has 0 radical (unpaired) electrons. The molecule has 0 saturated carbocycles. The van der Waals surface area contributed by atoms with Gasteiger partial charge in [-0.2, -0.15) is 5.26 Å². The number of methoxy groups -OCH3 is 1. The highest BCUT2D eigenvalue weighted by molar-refractivity contribution is 7.85. The maximum atomic E-state index is 12.1. The molecule has 0 aliphatic rings. The van der Waals surface area contributed by atoms with Gasteiger partial charge in [-0.05, 0) is 44.9 Å². The van der Waals surface area contributed by atoms with Crippen LogP contribution in [0.5, 0.6) is 5.75 Å². The SMILES string of the molecule is COc1cccc(S(=O)CCCC(C)(C)C#N)c1. The van der Waals surface area contributed by atoms with E-state index in [1.165, 1.54) is 0 Å². The van der Waals surface area contributed by atoms with E-state index in [-0.39, 0.29) is 5.41 Å². The molecule has 3 nitrogen and oxygen atoms in total. The summed E-state index contributed by atoms with van der Waals surface area (Å²) in [5.41, 5.74) is -0.335. The van der Waals surface area contributed by atoms with Crippen molar-refractivity contribution in [1.82, 2.24) is 0 Å². The third-order valence-corrected chi connectivity index (χ3v) is 4.18. The number of hydrogen-bond donors (Lipinski definition) is 0. The van der Waals surface area contributed by atoms with Gasteiger partial charge in [0.05, 0.1) is 29.4 Å². The molecule has 0 aliphatic heterocycles. The Kier molecular flexibility index (Phi) is 5.36. The van der Waals surface area contributed by atoms with E-state index in [9.17, 15) is 4.21 Å². The maximum Gasteiger partial charge on any atom is 0.120 e.